The molecule has 7 nitrogen and oxygen atoms in total. The lowest BCUT2D eigenvalue weighted by molar-refractivity contribution is -0.116. The molecule has 0 aromatic carbocycles. The number of carbonyl (C=O) groups is 2. The highest BCUT2D eigenvalue weighted by Gasteiger charge is 2.23. The number of amides is 2. The summed E-state index contributed by atoms with van der Waals surface area (Å²) in [7, 11) is 0. The van der Waals surface area contributed by atoms with Crippen LogP contribution in [0.5, 0.6) is 0 Å². The Bertz CT molecular complexity index is 637. The highest BCUT2D eigenvalue weighted by Crippen LogP contribution is 2.28. The Morgan fingerprint density at radius 3 is 2.86 bits per heavy atom. The van der Waals surface area contributed by atoms with Gasteiger partial charge in [-0.3, -0.25) is 19.9 Å². The largest absolute Gasteiger partial charge is 0.365 e. The molecule has 0 saturated heterocycles. The van der Waals surface area contributed by atoms with Crippen molar-refractivity contribution in [1.82, 2.24) is 10.1 Å². The predicted octanol–water partition coefficient (Wildman–Crippen LogP) is 1.96. The van der Waals surface area contributed by atoms with Gasteiger partial charge in [-0.15, -0.1) is 0 Å². The molecule has 0 fully saturated rings. The third-order valence-electron chi connectivity index (χ3n) is 2.88. The molecule has 0 radical (unpaired) electrons. The lowest BCUT2D eigenvalue weighted by atomic mass is 10.1. The number of nitrogens with one attached hydrogen (secondary N) is 1. The van der Waals surface area contributed by atoms with Gasteiger partial charge >= 0.3 is 0 Å². The van der Waals surface area contributed by atoms with Gasteiger partial charge in [0.2, 0.25) is 11.8 Å². The fourth-order valence-corrected chi connectivity index (χ4v) is 1.83. The van der Waals surface area contributed by atoms with Crippen LogP contribution in [0.4, 0.5) is 5.88 Å². The van der Waals surface area contributed by atoms with E-state index in [-0.39, 0.29) is 23.0 Å². The average molecular weight is 288 g/mol. The fourth-order valence-electron chi connectivity index (χ4n) is 1.83. The summed E-state index contributed by atoms with van der Waals surface area (Å²) in [6, 6.07) is 3.42. The van der Waals surface area contributed by atoms with Crippen molar-refractivity contribution in [2.75, 3.05) is 5.32 Å². The molecule has 2 aromatic heterocycles. The molecule has 2 rings (SSSR count). The molecule has 0 bridgehead atoms. The van der Waals surface area contributed by atoms with Crippen molar-refractivity contribution in [3.05, 3.63) is 30.1 Å². The van der Waals surface area contributed by atoms with E-state index in [9.17, 15) is 9.59 Å². The summed E-state index contributed by atoms with van der Waals surface area (Å²) >= 11 is 0. The smallest absolute Gasteiger partial charge is 0.256 e. The van der Waals surface area contributed by atoms with E-state index in [2.05, 4.69) is 15.5 Å². The van der Waals surface area contributed by atoms with E-state index < -0.39 is 5.91 Å². The normalized spacial score (nSPS) is 10.3. The first kappa shape index (κ1) is 14.7. The zero-order chi connectivity index (χ0) is 15.2. The van der Waals surface area contributed by atoms with E-state index in [0.717, 1.165) is 12.8 Å². The van der Waals surface area contributed by atoms with Crippen LogP contribution < -0.4 is 11.1 Å². The highest BCUT2D eigenvalue weighted by atomic mass is 16.5. The Morgan fingerprint density at radius 1 is 1.43 bits per heavy atom. The zero-order valence-corrected chi connectivity index (χ0v) is 11.6. The van der Waals surface area contributed by atoms with Crippen LogP contribution in [0.3, 0.4) is 0 Å². The molecule has 3 N–H and O–H groups in total. The highest BCUT2D eigenvalue weighted by molar-refractivity contribution is 6.05. The van der Waals surface area contributed by atoms with Crippen molar-refractivity contribution < 1.29 is 14.1 Å². The number of nitrogens with two attached hydrogens (primary N) is 1. The minimum atomic E-state index is -0.721. The Morgan fingerprint density at radius 2 is 2.24 bits per heavy atom. The maximum absolute atomic E-state index is 11.7. The van der Waals surface area contributed by atoms with Crippen molar-refractivity contribution in [3.8, 4) is 11.3 Å². The van der Waals surface area contributed by atoms with Crippen LogP contribution in [-0.2, 0) is 4.79 Å². The third kappa shape index (κ3) is 3.44. The number of nitrogens with zero attached hydrogens (tertiary/aromatic N) is 2. The number of pyridine rings is 1. The monoisotopic (exact) mass is 288 g/mol. The summed E-state index contributed by atoms with van der Waals surface area (Å²) in [6.07, 6.45) is 5.13. The second kappa shape index (κ2) is 6.65. The van der Waals surface area contributed by atoms with Gasteiger partial charge in [-0.25, -0.2) is 0 Å². The zero-order valence-electron chi connectivity index (χ0n) is 11.6. The SMILES string of the molecule is CCCCC(=O)Nc1onc(-c2cccnc2)c1C(N)=O. The molecule has 110 valence electrons. The molecular weight excluding hydrogens is 272 g/mol. The first-order chi connectivity index (χ1) is 10.1. The van der Waals surface area contributed by atoms with Crippen LogP contribution in [0.1, 0.15) is 36.5 Å². The molecular formula is C14H16N4O3. The number of anilines is 1. The lowest BCUT2D eigenvalue weighted by Gasteiger charge is -2.02. The number of primary amides is 1. The van der Waals surface area contributed by atoms with E-state index in [0.29, 0.717) is 12.0 Å². The predicted molar refractivity (Wildman–Crippen MR) is 76.4 cm³/mol. The summed E-state index contributed by atoms with van der Waals surface area (Å²) in [4.78, 5) is 27.3. The van der Waals surface area contributed by atoms with Gasteiger partial charge in [-0.1, -0.05) is 18.5 Å². The molecule has 2 heterocycles. The molecule has 0 aliphatic rings. The fraction of sp³-hybridized carbons (Fsp3) is 0.286. The average Bonchev–Trinajstić information content (AvgIpc) is 2.89. The number of unbranched alkanes of at least 4 members (excludes halogenated alkanes) is 1. The molecule has 0 aliphatic carbocycles. The Hall–Kier alpha value is -2.70. The molecule has 2 amide bonds. The summed E-state index contributed by atoms with van der Waals surface area (Å²) in [5.74, 6) is -0.989. The molecule has 0 atom stereocenters. The van der Waals surface area contributed by atoms with Gasteiger partial charge in [0.25, 0.3) is 5.91 Å². The molecule has 0 unspecified atom stereocenters. The number of carbonyl (C=O) groups excluding carboxylic acids is 2. The lowest BCUT2D eigenvalue weighted by Crippen LogP contribution is -2.17. The van der Waals surface area contributed by atoms with Crippen molar-refractivity contribution in [1.29, 1.82) is 0 Å². The number of hydrogen-bond acceptors (Lipinski definition) is 5. The van der Waals surface area contributed by atoms with Gasteiger partial charge in [-0.05, 0) is 18.6 Å². The molecule has 2 aromatic rings. The first-order valence-electron chi connectivity index (χ1n) is 6.63. The Labute approximate surface area is 121 Å². The van der Waals surface area contributed by atoms with Gasteiger partial charge in [-0.2, -0.15) is 0 Å². The summed E-state index contributed by atoms with van der Waals surface area (Å²) in [5, 5.41) is 6.34. The van der Waals surface area contributed by atoms with Gasteiger partial charge in [0.05, 0.1) is 0 Å². The molecule has 0 aliphatic heterocycles. The van der Waals surface area contributed by atoms with Crippen LogP contribution in [0.2, 0.25) is 0 Å². The van der Waals surface area contributed by atoms with E-state index in [4.69, 9.17) is 10.3 Å². The number of hydrogen-bond donors (Lipinski definition) is 2. The van der Waals surface area contributed by atoms with Crippen LogP contribution in [0.15, 0.2) is 29.0 Å². The minimum absolute atomic E-state index is 0.0255. The van der Waals surface area contributed by atoms with Gasteiger partial charge in [0.15, 0.2) is 0 Å². The maximum Gasteiger partial charge on any atom is 0.256 e. The van der Waals surface area contributed by atoms with Crippen molar-refractivity contribution in [3.63, 3.8) is 0 Å². The summed E-state index contributed by atoms with van der Waals surface area (Å²) < 4.78 is 5.05. The quantitative estimate of drug-likeness (QED) is 0.844. The summed E-state index contributed by atoms with van der Waals surface area (Å²) in [6.45, 7) is 1.98. The van der Waals surface area contributed by atoms with E-state index in [1.165, 1.54) is 6.20 Å². The van der Waals surface area contributed by atoms with Crippen molar-refractivity contribution >= 4 is 17.7 Å². The first-order valence-corrected chi connectivity index (χ1v) is 6.63. The number of aromatic nitrogens is 2. The van der Waals surface area contributed by atoms with Crippen LogP contribution in [0, 0.1) is 0 Å². The number of rotatable bonds is 6. The topological polar surface area (TPSA) is 111 Å². The molecule has 21 heavy (non-hydrogen) atoms. The van der Waals surface area contributed by atoms with Crippen molar-refractivity contribution in [2.24, 2.45) is 5.73 Å². The van der Waals surface area contributed by atoms with Crippen LogP contribution >= 0.6 is 0 Å². The standard InChI is InChI=1S/C14H16N4O3/c1-2-3-6-10(19)17-14-11(13(15)20)12(18-21-14)9-5-4-7-16-8-9/h4-5,7-8H,2-3,6H2,1H3,(H2,15,20)(H,17,19). The second-order valence-electron chi connectivity index (χ2n) is 4.49. The Kier molecular flexibility index (Phi) is 4.65. The maximum atomic E-state index is 11.7. The second-order valence-corrected chi connectivity index (χ2v) is 4.49. The van der Waals surface area contributed by atoms with E-state index in [1.807, 2.05) is 6.92 Å². The Balaban J connectivity index is 2.30. The van der Waals surface area contributed by atoms with Crippen LogP contribution in [0.25, 0.3) is 11.3 Å². The van der Waals surface area contributed by atoms with Gasteiger partial charge in [0, 0.05) is 24.4 Å². The molecule has 7 heteroatoms. The van der Waals surface area contributed by atoms with Crippen molar-refractivity contribution in [2.45, 2.75) is 26.2 Å². The van der Waals surface area contributed by atoms with Crippen LogP contribution in [-0.4, -0.2) is 22.0 Å². The summed E-state index contributed by atoms with van der Waals surface area (Å²) in [5.41, 5.74) is 6.26. The molecule has 0 saturated carbocycles. The molecule has 0 spiro atoms. The third-order valence-corrected chi connectivity index (χ3v) is 2.88. The van der Waals surface area contributed by atoms with Gasteiger partial charge in [0.1, 0.15) is 11.3 Å². The van der Waals surface area contributed by atoms with Gasteiger partial charge < -0.3 is 10.3 Å². The minimum Gasteiger partial charge on any atom is -0.365 e. The van der Waals surface area contributed by atoms with E-state index in [1.54, 1.807) is 18.3 Å². The van der Waals surface area contributed by atoms with E-state index >= 15 is 0 Å².